The van der Waals surface area contributed by atoms with Crippen LogP contribution in [-0.4, -0.2) is 31.6 Å². The van der Waals surface area contributed by atoms with Gasteiger partial charge in [-0.2, -0.15) is 0 Å². The lowest BCUT2D eigenvalue weighted by molar-refractivity contribution is -0.144. The lowest BCUT2D eigenvalue weighted by Gasteiger charge is -2.20. The lowest BCUT2D eigenvalue weighted by Crippen LogP contribution is -2.47. The number of benzene rings is 1. The molecule has 2 atom stereocenters. The van der Waals surface area contributed by atoms with E-state index >= 15 is 0 Å². The number of hydrogen-bond acceptors (Lipinski definition) is 4. The van der Waals surface area contributed by atoms with Crippen molar-refractivity contribution in [3.8, 4) is 0 Å². The molecule has 1 amide bonds. The summed E-state index contributed by atoms with van der Waals surface area (Å²) in [5, 5.41) is 5.56. The van der Waals surface area contributed by atoms with E-state index in [-0.39, 0.29) is 24.3 Å². The first kappa shape index (κ1) is 16.1. The molecule has 1 aromatic carbocycles. The quantitative estimate of drug-likeness (QED) is 0.768. The zero-order valence-corrected chi connectivity index (χ0v) is 11.8. The van der Waals surface area contributed by atoms with E-state index in [4.69, 9.17) is 0 Å². The van der Waals surface area contributed by atoms with E-state index in [2.05, 4.69) is 15.4 Å². The minimum Gasteiger partial charge on any atom is -0.467 e. The van der Waals surface area contributed by atoms with Gasteiger partial charge in [0, 0.05) is 19.5 Å². The van der Waals surface area contributed by atoms with Crippen molar-refractivity contribution < 1.29 is 18.7 Å². The van der Waals surface area contributed by atoms with Crippen molar-refractivity contribution in [2.75, 3.05) is 13.7 Å². The van der Waals surface area contributed by atoms with Gasteiger partial charge in [-0.1, -0.05) is 12.1 Å². The Kier molecular flexibility index (Phi) is 6.11. The van der Waals surface area contributed by atoms with Gasteiger partial charge in [0.2, 0.25) is 5.91 Å². The fourth-order valence-electron chi connectivity index (χ4n) is 1.77. The zero-order valence-electron chi connectivity index (χ0n) is 11.8. The number of carbonyl (C=O) groups is 2. The Balaban J connectivity index is 2.62. The van der Waals surface area contributed by atoms with E-state index in [1.165, 1.54) is 26.2 Å². The highest BCUT2D eigenvalue weighted by Gasteiger charge is 2.20. The average molecular weight is 282 g/mol. The minimum atomic E-state index is -0.770. The number of amides is 1. The molecule has 2 N–H and O–H groups in total. The van der Waals surface area contributed by atoms with E-state index in [0.29, 0.717) is 0 Å². The molecule has 20 heavy (non-hydrogen) atoms. The van der Waals surface area contributed by atoms with E-state index in [1.54, 1.807) is 12.1 Å². The van der Waals surface area contributed by atoms with Crippen molar-refractivity contribution in [1.29, 1.82) is 0 Å². The Bertz CT molecular complexity index is 479. The van der Waals surface area contributed by atoms with Gasteiger partial charge in [-0.25, -0.2) is 9.18 Å². The summed E-state index contributed by atoms with van der Waals surface area (Å²) in [7, 11) is 1.26. The van der Waals surface area contributed by atoms with Crippen molar-refractivity contribution in [3.63, 3.8) is 0 Å². The summed E-state index contributed by atoms with van der Waals surface area (Å²) in [6, 6.07) is 5.26. The third kappa shape index (κ3) is 4.97. The van der Waals surface area contributed by atoms with Crippen LogP contribution in [0.3, 0.4) is 0 Å². The number of rotatable bonds is 6. The fourth-order valence-corrected chi connectivity index (χ4v) is 1.77. The summed E-state index contributed by atoms with van der Waals surface area (Å²) in [5.74, 6) is -1.16. The lowest BCUT2D eigenvalue weighted by atomic mass is 10.1. The standard InChI is InChI=1S/C14H19FN2O3/c1-9(11-5-4-6-12(15)7-11)16-8-13(14(19)20-3)17-10(2)18/h4-7,9,13,16H,8H2,1-3H3,(H,17,18)/t9-,13?/m0/s1. The molecular weight excluding hydrogens is 263 g/mol. The van der Waals surface area contributed by atoms with E-state index in [1.807, 2.05) is 6.92 Å². The largest absolute Gasteiger partial charge is 0.467 e. The van der Waals surface area contributed by atoms with Gasteiger partial charge in [-0.3, -0.25) is 4.79 Å². The maximum absolute atomic E-state index is 13.1. The molecule has 0 aliphatic heterocycles. The van der Waals surface area contributed by atoms with Gasteiger partial charge < -0.3 is 15.4 Å². The fraction of sp³-hybridized carbons (Fsp3) is 0.429. The maximum atomic E-state index is 13.1. The smallest absolute Gasteiger partial charge is 0.329 e. The van der Waals surface area contributed by atoms with Crippen molar-refractivity contribution in [3.05, 3.63) is 35.6 Å². The Labute approximate surface area is 117 Å². The number of methoxy groups -OCH3 is 1. The molecule has 0 aliphatic rings. The highest BCUT2D eigenvalue weighted by atomic mass is 19.1. The highest BCUT2D eigenvalue weighted by Crippen LogP contribution is 2.13. The zero-order chi connectivity index (χ0) is 15.1. The van der Waals surface area contributed by atoms with E-state index < -0.39 is 12.0 Å². The second-order valence-corrected chi connectivity index (χ2v) is 4.46. The normalized spacial score (nSPS) is 13.4. The van der Waals surface area contributed by atoms with Gasteiger partial charge in [0.15, 0.2) is 0 Å². The van der Waals surface area contributed by atoms with Gasteiger partial charge in [0.1, 0.15) is 11.9 Å². The Morgan fingerprint density at radius 1 is 1.40 bits per heavy atom. The summed E-state index contributed by atoms with van der Waals surface area (Å²) in [4.78, 5) is 22.6. The molecule has 0 heterocycles. The van der Waals surface area contributed by atoms with Gasteiger partial charge in [0.05, 0.1) is 7.11 Å². The molecule has 0 saturated heterocycles. The summed E-state index contributed by atoms with van der Waals surface area (Å²) < 4.78 is 17.7. The molecule has 110 valence electrons. The predicted octanol–water partition coefficient (Wildman–Crippen LogP) is 1.15. The number of esters is 1. The monoisotopic (exact) mass is 282 g/mol. The molecule has 0 fully saturated rings. The SMILES string of the molecule is COC(=O)C(CN[C@@H](C)c1cccc(F)c1)NC(C)=O. The first-order valence-electron chi connectivity index (χ1n) is 6.27. The number of hydrogen-bond donors (Lipinski definition) is 2. The van der Waals surface area contributed by atoms with Gasteiger partial charge >= 0.3 is 5.97 Å². The summed E-state index contributed by atoms with van der Waals surface area (Å²) >= 11 is 0. The molecule has 1 rings (SSSR count). The van der Waals surface area contributed by atoms with Crippen LogP contribution >= 0.6 is 0 Å². The van der Waals surface area contributed by atoms with Crippen molar-refractivity contribution in [2.24, 2.45) is 0 Å². The second-order valence-electron chi connectivity index (χ2n) is 4.46. The number of nitrogens with one attached hydrogen (secondary N) is 2. The van der Waals surface area contributed by atoms with Crippen LogP contribution in [-0.2, 0) is 14.3 Å². The van der Waals surface area contributed by atoms with Crippen LogP contribution in [0.15, 0.2) is 24.3 Å². The number of carbonyl (C=O) groups excluding carboxylic acids is 2. The molecule has 0 aliphatic carbocycles. The van der Waals surface area contributed by atoms with E-state index in [9.17, 15) is 14.0 Å². The molecule has 0 saturated carbocycles. The third-order valence-electron chi connectivity index (χ3n) is 2.84. The Hall–Kier alpha value is -1.95. The molecule has 0 aromatic heterocycles. The van der Waals surface area contributed by atoms with Crippen LogP contribution < -0.4 is 10.6 Å². The first-order chi connectivity index (χ1) is 9.43. The molecule has 5 nitrogen and oxygen atoms in total. The van der Waals surface area contributed by atoms with Crippen LogP contribution in [0.5, 0.6) is 0 Å². The van der Waals surface area contributed by atoms with Crippen LogP contribution in [0.2, 0.25) is 0 Å². The molecule has 0 radical (unpaired) electrons. The van der Waals surface area contributed by atoms with Crippen LogP contribution in [0.25, 0.3) is 0 Å². The van der Waals surface area contributed by atoms with Crippen LogP contribution in [0, 0.1) is 5.82 Å². The van der Waals surface area contributed by atoms with Gasteiger partial charge in [-0.15, -0.1) is 0 Å². The Morgan fingerprint density at radius 2 is 2.10 bits per heavy atom. The molecule has 6 heteroatoms. The highest BCUT2D eigenvalue weighted by molar-refractivity contribution is 5.83. The second kappa shape index (κ2) is 7.59. The maximum Gasteiger partial charge on any atom is 0.329 e. The van der Waals surface area contributed by atoms with Crippen molar-refractivity contribution in [2.45, 2.75) is 25.9 Å². The van der Waals surface area contributed by atoms with Crippen molar-refractivity contribution in [1.82, 2.24) is 10.6 Å². The predicted molar refractivity (Wildman–Crippen MR) is 72.4 cm³/mol. The van der Waals surface area contributed by atoms with Gasteiger partial charge in [0.25, 0.3) is 0 Å². The average Bonchev–Trinajstić information content (AvgIpc) is 2.41. The van der Waals surface area contributed by atoms with Crippen LogP contribution in [0.1, 0.15) is 25.5 Å². The number of halogens is 1. The topological polar surface area (TPSA) is 67.4 Å². The van der Waals surface area contributed by atoms with E-state index in [0.717, 1.165) is 5.56 Å². The molecular formula is C14H19FN2O3. The molecule has 0 spiro atoms. The minimum absolute atomic E-state index is 0.161. The molecule has 0 bridgehead atoms. The Morgan fingerprint density at radius 3 is 2.65 bits per heavy atom. The summed E-state index contributed by atoms with van der Waals surface area (Å²) in [6.45, 7) is 3.37. The molecule has 1 unspecified atom stereocenters. The third-order valence-corrected chi connectivity index (χ3v) is 2.84. The first-order valence-corrected chi connectivity index (χ1v) is 6.27. The summed E-state index contributed by atoms with van der Waals surface area (Å²) in [5.41, 5.74) is 0.761. The molecule has 1 aromatic rings. The van der Waals surface area contributed by atoms with Gasteiger partial charge in [-0.05, 0) is 24.6 Å². The summed E-state index contributed by atoms with van der Waals surface area (Å²) in [6.07, 6.45) is 0. The van der Waals surface area contributed by atoms with Crippen LogP contribution in [0.4, 0.5) is 4.39 Å². The number of ether oxygens (including phenoxy) is 1. The van der Waals surface area contributed by atoms with Crippen molar-refractivity contribution >= 4 is 11.9 Å².